The quantitative estimate of drug-likeness (QED) is 0.600. The lowest BCUT2D eigenvalue weighted by Gasteiger charge is -1.92. The van der Waals surface area contributed by atoms with Gasteiger partial charge in [-0.25, -0.2) is 9.50 Å². The highest BCUT2D eigenvalue weighted by molar-refractivity contribution is 5.49. The topological polar surface area (TPSA) is 54.0 Å². The summed E-state index contributed by atoms with van der Waals surface area (Å²) in [5.74, 6) is 0. The van der Waals surface area contributed by atoms with Crippen molar-refractivity contribution >= 4 is 5.65 Å². The van der Waals surface area contributed by atoms with Crippen molar-refractivity contribution in [2.75, 3.05) is 0 Å². The third kappa shape index (κ3) is 1.05. The number of nitriles is 1. The molecule has 4 nitrogen and oxygen atoms in total. The minimum Gasteiger partial charge on any atom is -0.235 e. The van der Waals surface area contributed by atoms with E-state index >= 15 is 0 Å². The van der Waals surface area contributed by atoms with Crippen LogP contribution < -0.4 is 0 Å². The zero-order valence-corrected chi connectivity index (χ0v) is 7.44. The van der Waals surface area contributed by atoms with Crippen LogP contribution in [0.3, 0.4) is 0 Å². The van der Waals surface area contributed by atoms with Crippen LogP contribution in [0.2, 0.25) is 0 Å². The van der Waals surface area contributed by atoms with Crippen LogP contribution in [0.5, 0.6) is 0 Å². The molecule has 0 amide bonds. The second-order valence-electron chi connectivity index (χ2n) is 2.93. The van der Waals surface area contributed by atoms with Crippen molar-refractivity contribution in [3.8, 4) is 6.07 Å². The number of aromatic nitrogens is 3. The summed E-state index contributed by atoms with van der Waals surface area (Å²) in [7, 11) is 0. The predicted molar refractivity (Wildman–Crippen MR) is 47.2 cm³/mol. The van der Waals surface area contributed by atoms with E-state index in [1.807, 2.05) is 19.9 Å². The lowest BCUT2D eigenvalue weighted by atomic mass is 10.3. The van der Waals surface area contributed by atoms with E-state index in [2.05, 4.69) is 10.1 Å². The largest absolute Gasteiger partial charge is 0.235 e. The van der Waals surface area contributed by atoms with Gasteiger partial charge in [0.15, 0.2) is 5.65 Å². The Bertz CT molecular complexity index is 504. The van der Waals surface area contributed by atoms with Crippen LogP contribution in [0.4, 0.5) is 0 Å². The maximum Gasteiger partial charge on any atom is 0.158 e. The molecule has 0 aliphatic rings. The molecule has 0 radical (unpaired) electrons. The highest BCUT2D eigenvalue weighted by Gasteiger charge is 2.05. The van der Waals surface area contributed by atoms with Crippen molar-refractivity contribution in [2.45, 2.75) is 13.8 Å². The summed E-state index contributed by atoms with van der Waals surface area (Å²) in [5, 5.41) is 12.9. The molecule has 4 heteroatoms. The summed E-state index contributed by atoms with van der Waals surface area (Å²) >= 11 is 0. The van der Waals surface area contributed by atoms with Gasteiger partial charge in [0.25, 0.3) is 0 Å². The Morgan fingerprint density at radius 2 is 2.23 bits per heavy atom. The second kappa shape index (κ2) is 2.56. The molecule has 2 heterocycles. The lowest BCUT2D eigenvalue weighted by Crippen LogP contribution is -1.91. The van der Waals surface area contributed by atoms with E-state index in [4.69, 9.17) is 5.26 Å². The van der Waals surface area contributed by atoms with E-state index in [0.717, 1.165) is 16.9 Å². The summed E-state index contributed by atoms with van der Waals surface area (Å²) < 4.78 is 1.64. The fourth-order valence-corrected chi connectivity index (χ4v) is 1.22. The monoisotopic (exact) mass is 172 g/mol. The van der Waals surface area contributed by atoms with Gasteiger partial charge in [-0.2, -0.15) is 10.4 Å². The molecule has 0 saturated carbocycles. The summed E-state index contributed by atoms with van der Waals surface area (Å²) in [5.41, 5.74) is 3.35. The van der Waals surface area contributed by atoms with Gasteiger partial charge in [-0.1, -0.05) is 0 Å². The molecular weight excluding hydrogens is 164 g/mol. The van der Waals surface area contributed by atoms with Crippen molar-refractivity contribution in [1.29, 1.82) is 5.26 Å². The van der Waals surface area contributed by atoms with Crippen LogP contribution in [0.15, 0.2) is 12.4 Å². The van der Waals surface area contributed by atoms with Gasteiger partial charge in [0.1, 0.15) is 6.07 Å². The van der Waals surface area contributed by atoms with E-state index in [9.17, 15) is 0 Å². The average molecular weight is 172 g/mol. The molecule has 64 valence electrons. The SMILES string of the molecule is Cc1nn2cc(C#N)cnc2c1C. The van der Waals surface area contributed by atoms with Gasteiger partial charge in [0.2, 0.25) is 0 Å². The minimum atomic E-state index is 0.523. The summed E-state index contributed by atoms with van der Waals surface area (Å²) in [6, 6.07) is 2.02. The normalized spacial score (nSPS) is 10.2. The zero-order chi connectivity index (χ0) is 9.42. The Labute approximate surface area is 75.4 Å². The summed E-state index contributed by atoms with van der Waals surface area (Å²) in [4.78, 5) is 4.15. The van der Waals surface area contributed by atoms with E-state index in [1.165, 1.54) is 0 Å². The van der Waals surface area contributed by atoms with Crippen LogP contribution in [-0.2, 0) is 0 Å². The Morgan fingerprint density at radius 3 is 2.92 bits per heavy atom. The lowest BCUT2D eigenvalue weighted by molar-refractivity contribution is 0.913. The van der Waals surface area contributed by atoms with Crippen molar-refractivity contribution in [2.24, 2.45) is 0 Å². The molecule has 13 heavy (non-hydrogen) atoms. The first kappa shape index (κ1) is 7.74. The van der Waals surface area contributed by atoms with Crippen LogP contribution in [0.1, 0.15) is 16.8 Å². The first-order chi connectivity index (χ1) is 6.22. The van der Waals surface area contributed by atoms with E-state index in [-0.39, 0.29) is 0 Å². The maximum absolute atomic E-state index is 8.64. The molecule has 0 atom stereocenters. The van der Waals surface area contributed by atoms with E-state index < -0.39 is 0 Å². The minimum absolute atomic E-state index is 0.523. The van der Waals surface area contributed by atoms with Crippen LogP contribution >= 0.6 is 0 Å². The van der Waals surface area contributed by atoms with Gasteiger partial charge in [0.05, 0.1) is 17.5 Å². The molecule has 2 rings (SSSR count). The van der Waals surface area contributed by atoms with Crippen LogP contribution in [0, 0.1) is 25.2 Å². The van der Waals surface area contributed by atoms with Crippen LogP contribution in [0.25, 0.3) is 5.65 Å². The van der Waals surface area contributed by atoms with Crippen molar-refractivity contribution in [1.82, 2.24) is 14.6 Å². The third-order valence-electron chi connectivity index (χ3n) is 2.07. The first-order valence-electron chi connectivity index (χ1n) is 3.94. The van der Waals surface area contributed by atoms with E-state index in [0.29, 0.717) is 5.56 Å². The van der Waals surface area contributed by atoms with Gasteiger partial charge in [-0.15, -0.1) is 0 Å². The summed E-state index contributed by atoms with van der Waals surface area (Å²) in [6.07, 6.45) is 3.24. The number of hydrogen-bond donors (Lipinski definition) is 0. The number of fused-ring (bicyclic) bond motifs is 1. The molecule has 0 unspecified atom stereocenters. The van der Waals surface area contributed by atoms with Gasteiger partial charge >= 0.3 is 0 Å². The fourth-order valence-electron chi connectivity index (χ4n) is 1.22. The molecule has 0 saturated heterocycles. The number of nitrogens with zero attached hydrogens (tertiary/aromatic N) is 4. The fraction of sp³-hybridized carbons (Fsp3) is 0.222. The Balaban J connectivity index is 2.82. The molecule has 2 aromatic heterocycles. The highest BCUT2D eigenvalue weighted by atomic mass is 15.2. The van der Waals surface area contributed by atoms with Crippen molar-refractivity contribution in [3.63, 3.8) is 0 Å². The van der Waals surface area contributed by atoms with Crippen molar-refractivity contribution in [3.05, 3.63) is 29.2 Å². The number of aryl methyl sites for hydroxylation is 2. The van der Waals surface area contributed by atoms with Gasteiger partial charge in [-0.3, -0.25) is 0 Å². The Hall–Kier alpha value is -1.89. The second-order valence-corrected chi connectivity index (χ2v) is 2.93. The Morgan fingerprint density at radius 1 is 1.46 bits per heavy atom. The molecule has 0 aromatic carbocycles. The van der Waals surface area contributed by atoms with Crippen LogP contribution in [-0.4, -0.2) is 14.6 Å². The third-order valence-corrected chi connectivity index (χ3v) is 2.07. The zero-order valence-electron chi connectivity index (χ0n) is 7.44. The van der Waals surface area contributed by atoms with Gasteiger partial charge in [-0.05, 0) is 13.8 Å². The molecule has 0 N–H and O–H groups in total. The molecule has 0 aliphatic heterocycles. The number of rotatable bonds is 0. The molecule has 0 fully saturated rings. The molecule has 2 aromatic rings. The standard InChI is InChI=1S/C9H8N4/c1-6-7(2)12-13-5-8(3-10)4-11-9(6)13/h4-5H,1-2H3. The smallest absolute Gasteiger partial charge is 0.158 e. The molecule has 0 spiro atoms. The molecule has 0 bridgehead atoms. The highest BCUT2D eigenvalue weighted by Crippen LogP contribution is 2.11. The maximum atomic E-state index is 8.64. The van der Waals surface area contributed by atoms with Gasteiger partial charge < -0.3 is 0 Å². The average Bonchev–Trinajstić information content (AvgIpc) is 2.42. The summed E-state index contributed by atoms with van der Waals surface area (Å²) in [6.45, 7) is 3.90. The predicted octanol–water partition coefficient (Wildman–Crippen LogP) is 1.22. The van der Waals surface area contributed by atoms with Gasteiger partial charge in [0, 0.05) is 11.8 Å². The Kier molecular flexibility index (Phi) is 1.52. The molecular formula is C9H8N4. The number of hydrogen-bond acceptors (Lipinski definition) is 3. The van der Waals surface area contributed by atoms with Crippen molar-refractivity contribution < 1.29 is 0 Å². The first-order valence-corrected chi connectivity index (χ1v) is 3.94. The van der Waals surface area contributed by atoms with E-state index in [1.54, 1.807) is 16.9 Å². The molecule has 0 aliphatic carbocycles.